The summed E-state index contributed by atoms with van der Waals surface area (Å²) in [4.78, 5) is 23.6. The molecule has 0 fully saturated rings. The lowest BCUT2D eigenvalue weighted by atomic mass is 10.2. The van der Waals surface area contributed by atoms with Crippen LogP contribution in [-0.2, 0) is 4.79 Å². The lowest BCUT2D eigenvalue weighted by Crippen LogP contribution is -2.40. The SMILES string of the molecule is C=CCNC(=O)NC(=O)CSc1nnc(-c2ccccc2)n1-c1ccccc1. The Bertz CT molecular complexity index is 957. The van der Waals surface area contributed by atoms with Gasteiger partial charge in [-0.15, -0.1) is 16.8 Å². The van der Waals surface area contributed by atoms with Gasteiger partial charge >= 0.3 is 6.03 Å². The number of carbonyl (C=O) groups is 2. The van der Waals surface area contributed by atoms with Gasteiger partial charge in [-0.25, -0.2) is 4.79 Å². The lowest BCUT2D eigenvalue weighted by Gasteiger charge is -2.10. The molecule has 28 heavy (non-hydrogen) atoms. The highest BCUT2D eigenvalue weighted by Crippen LogP contribution is 2.27. The quantitative estimate of drug-likeness (QED) is 0.476. The van der Waals surface area contributed by atoms with Crippen LogP contribution in [0.3, 0.4) is 0 Å². The molecule has 3 amide bonds. The molecule has 0 atom stereocenters. The normalized spacial score (nSPS) is 10.3. The third-order valence-corrected chi connectivity index (χ3v) is 4.60. The molecule has 0 aliphatic carbocycles. The van der Waals surface area contributed by atoms with E-state index in [1.165, 1.54) is 17.8 Å². The van der Waals surface area contributed by atoms with Crippen molar-refractivity contribution in [2.45, 2.75) is 5.16 Å². The van der Waals surface area contributed by atoms with Gasteiger partial charge in [-0.3, -0.25) is 14.7 Å². The number of aromatic nitrogens is 3. The molecule has 7 nitrogen and oxygen atoms in total. The van der Waals surface area contributed by atoms with Crippen LogP contribution in [0.1, 0.15) is 0 Å². The first kappa shape index (κ1) is 19.4. The van der Waals surface area contributed by atoms with E-state index in [1.807, 2.05) is 65.2 Å². The number of para-hydroxylation sites is 1. The molecule has 0 aliphatic heterocycles. The second-order valence-electron chi connectivity index (χ2n) is 5.68. The maximum Gasteiger partial charge on any atom is 0.321 e. The Morgan fingerprint density at radius 3 is 2.39 bits per heavy atom. The van der Waals surface area contributed by atoms with Crippen molar-refractivity contribution in [2.75, 3.05) is 12.3 Å². The Morgan fingerprint density at radius 1 is 1.04 bits per heavy atom. The van der Waals surface area contributed by atoms with Crippen molar-refractivity contribution in [3.05, 3.63) is 73.3 Å². The van der Waals surface area contributed by atoms with Crippen LogP contribution < -0.4 is 10.6 Å². The Labute approximate surface area is 166 Å². The number of hydrogen-bond donors (Lipinski definition) is 2. The molecule has 1 aromatic heterocycles. The fourth-order valence-corrected chi connectivity index (χ4v) is 3.20. The summed E-state index contributed by atoms with van der Waals surface area (Å²) in [6, 6.07) is 18.8. The number of benzene rings is 2. The Hall–Kier alpha value is -3.39. The second kappa shape index (κ2) is 9.52. The summed E-state index contributed by atoms with van der Waals surface area (Å²) in [5.74, 6) is 0.287. The van der Waals surface area contributed by atoms with Crippen molar-refractivity contribution in [3.8, 4) is 17.1 Å². The summed E-state index contributed by atoms with van der Waals surface area (Å²) in [6.45, 7) is 3.79. The summed E-state index contributed by atoms with van der Waals surface area (Å²) in [6.07, 6.45) is 1.53. The molecule has 0 radical (unpaired) electrons. The molecular formula is C20H19N5O2S. The van der Waals surface area contributed by atoms with Crippen molar-refractivity contribution in [2.24, 2.45) is 0 Å². The third-order valence-electron chi connectivity index (χ3n) is 3.67. The van der Waals surface area contributed by atoms with E-state index in [1.54, 1.807) is 0 Å². The smallest absolute Gasteiger partial charge is 0.321 e. The van der Waals surface area contributed by atoms with Crippen LogP contribution in [0.15, 0.2) is 78.5 Å². The molecule has 0 saturated carbocycles. The molecule has 0 aliphatic rings. The van der Waals surface area contributed by atoms with Gasteiger partial charge in [-0.05, 0) is 12.1 Å². The molecule has 2 N–H and O–H groups in total. The van der Waals surface area contributed by atoms with Crippen molar-refractivity contribution >= 4 is 23.7 Å². The van der Waals surface area contributed by atoms with Crippen LogP contribution in [0.2, 0.25) is 0 Å². The molecule has 8 heteroatoms. The predicted molar refractivity (Wildman–Crippen MR) is 109 cm³/mol. The molecule has 0 bridgehead atoms. The Balaban J connectivity index is 1.80. The Kier molecular flexibility index (Phi) is 6.59. The van der Waals surface area contributed by atoms with Crippen LogP contribution in [0.5, 0.6) is 0 Å². The fourth-order valence-electron chi connectivity index (χ4n) is 2.45. The van der Waals surface area contributed by atoms with Crippen molar-refractivity contribution in [3.63, 3.8) is 0 Å². The first-order chi connectivity index (χ1) is 13.7. The number of amides is 3. The summed E-state index contributed by atoms with van der Waals surface area (Å²) in [5.41, 5.74) is 1.80. The highest BCUT2D eigenvalue weighted by atomic mass is 32.2. The molecular weight excluding hydrogens is 374 g/mol. The van der Waals surface area contributed by atoms with E-state index < -0.39 is 11.9 Å². The van der Waals surface area contributed by atoms with Gasteiger partial charge in [0.15, 0.2) is 11.0 Å². The minimum absolute atomic E-state index is 0.0290. The highest BCUT2D eigenvalue weighted by molar-refractivity contribution is 7.99. The van der Waals surface area contributed by atoms with Crippen molar-refractivity contribution in [1.82, 2.24) is 25.4 Å². The highest BCUT2D eigenvalue weighted by Gasteiger charge is 2.17. The van der Waals surface area contributed by atoms with Gasteiger partial charge in [-0.2, -0.15) is 0 Å². The van der Waals surface area contributed by atoms with Gasteiger partial charge in [0, 0.05) is 17.8 Å². The molecule has 2 aromatic carbocycles. The summed E-state index contributed by atoms with van der Waals surface area (Å²) >= 11 is 1.21. The number of rotatable bonds is 7. The average molecular weight is 393 g/mol. The van der Waals surface area contributed by atoms with Crippen molar-refractivity contribution in [1.29, 1.82) is 0 Å². The van der Waals surface area contributed by atoms with Crippen molar-refractivity contribution < 1.29 is 9.59 Å². The monoisotopic (exact) mass is 393 g/mol. The number of hydrogen-bond acceptors (Lipinski definition) is 5. The topological polar surface area (TPSA) is 88.9 Å². The predicted octanol–water partition coefficient (Wildman–Crippen LogP) is 3.04. The number of imide groups is 1. The number of nitrogens with one attached hydrogen (secondary N) is 2. The molecule has 142 valence electrons. The molecule has 0 saturated heterocycles. The molecule has 3 aromatic rings. The van der Waals surface area contributed by atoms with E-state index in [4.69, 9.17) is 0 Å². The third kappa shape index (κ3) is 4.86. The number of urea groups is 1. The van der Waals surface area contributed by atoms with Gasteiger partial charge in [0.1, 0.15) is 0 Å². The van der Waals surface area contributed by atoms with Crippen LogP contribution in [-0.4, -0.2) is 39.0 Å². The zero-order valence-electron chi connectivity index (χ0n) is 15.0. The zero-order chi connectivity index (χ0) is 19.8. The average Bonchev–Trinajstić information content (AvgIpc) is 3.16. The van der Waals surface area contributed by atoms with Gasteiger partial charge in [-0.1, -0.05) is 66.4 Å². The summed E-state index contributed by atoms with van der Waals surface area (Å²) in [7, 11) is 0. The summed E-state index contributed by atoms with van der Waals surface area (Å²) in [5, 5.41) is 13.9. The second-order valence-corrected chi connectivity index (χ2v) is 6.62. The standard InChI is InChI=1S/C20H19N5O2S/c1-2-13-21-19(27)22-17(26)14-28-20-24-23-18(15-9-5-3-6-10-15)25(20)16-11-7-4-8-12-16/h2-12H,1,13-14H2,(H2,21,22,26,27). The fraction of sp³-hybridized carbons (Fsp3) is 0.100. The molecule has 0 spiro atoms. The minimum atomic E-state index is -0.556. The molecule has 0 unspecified atom stereocenters. The van der Waals surface area contributed by atoms with Gasteiger partial charge in [0.25, 0.3) is 0 Å². The minimum Gasteiger partial charge on any atom is -0.334 e. The van der Waals surface area contributed by atoms with Crippen LogP contribution in [0, 0.1) is 0 Å². The first-order valence-corrected chi connectivity index (χ1v) is 9.55. The number of nitrogens with zero attached hydrogens (tertiary/aromatic N) is 3. The van der Waals surface area contributed by atoms with E-state index >= 15 is 0 Å². The van der Waals surface area contributed by atoms with Crippen LogP contribution in [0.4, 0.5) is 4.79 Å². The van der Waals surface area contributed by atoms with Gasteiger partial charge in [0.05, 0.1) is 5.75 Å². The van der Waals surface area contributed by atoms with Gasteiger partial charge < -0.3 is 5.32 Å². The molecule has 1 heterocycles. The van der Waals surface area contributed by atoms with E-state index in [2.05, 4.69) is 27.4 Å². The van der Waals surface area contributed by atoms with E-state index in [0.29, 0.717) is 11.0 Å². The Morgan fingerprint density at radius 2 is 1.71 bits per heavy atom. The summed E-state index contributed by atoms with van der Waals surface area (Å²) < 4.78 is 1.89. The number of carbonyl (C=O) groups excluding carboxylic acids is 2. The first-order valence-electron chi connectivity index (χ1n) is 8.56. The van der Waals surface area contributed by atoms with Crippen LogP contribution in [0.25, 0.3) is 17.1 Å². The van der Waals surface area contributed by atoms with Gasteiger partial charge in [0.2, 0.25) is 5.91 Å². The maximum absolute atomic E-state index is 12.0. The maximum atomic E-state index is 12.0. The number of thioether (sulfide) groups is 1. The van der Waals surface area contributed by atoms with E-state index in [-0.39, 0.29) is 12.3 Å². The zero-order valence-corrected chi connectivity index (χ0v) is 15.9. The van der Waals surface area contributed by atoms with E-state index in [0.717, 1.165) is 11.3 Å². The van der Waals surface area contributed by atoms with E-state index in [9.17, 15) is 9.59 Å². The molecule has 3 rings (SSSR count). The lowest BCUT2D eigenvalue weighted by molar-refractivity contribution is -0.117. The van der Waals surface area contributed by atoms with Crippen LogP contribution >= 0.6 is 11.8 Å². The largest absolute Gasteiger partial charge is 0.334 e.